The zero-order valence-corrected chi connectivity index (χ0v) is 18.0. The van der Waals surface area contributed by atoms with Gasteiger partial charge in [-0.2, -0.15) is 5.10 Å². The first-order valence-electron chi connectivity index (χ1n) is 9.92. The number of aromatic nitrogens is 3. The number of carbonyl (C=O) groups excluding carboxylic acids is 1. The molecule has 31 heavy (non-hydrogen) atoms. The molecule has 0 radical (unpaired) electrons. The highest BCUT2D eigenvalue weighted by molar-refractivity contribution is 7.85. The van der Waals surface area contributed by atoms with Crippen LogP contribution in [0.5, 0.6) is 0 Å². The molecule has 2 N–H and O–H groups in total. The molecule has 0 aliphatic heterocycles. The van der Waals surface area contributed by atoms with E-state index in [4.69, 9.17) is 0 Å². The molecule has 2 aromatic carbocycles. The maximum absolute atomic E-state index is 13.3. The zero-order valence-electron chi connectivity index (χ0n) is 17.2. The Labute approximate surface area is 182 Å². The van der Waals surface area contributed by atoms with Gasteiger partial charge in [-0.25, -0.2) is 4.21 Å². The van der Waals surface area contributed by atoms with Crippen LogP contribution >= 0.6 is 0 Å². The van der Waals surface area contributed by atoms with Gasteiger partial charge in [-0.05, 0) is 68.5 Å². The Hall–Kier alpha value is -3.58. The molecule has 0 aliphatic carbocycles. The van der Waals surface area contributed by atoms with Crippen LogP contribution in [0, 0.1) is 0 Å². The maximum Gasteiger partial charge on any atom is 0.252 e. The predicted octanol–water partition coefficient (Wildman–Crippen LogP) is 4.43. The Kier molecular flexibility index (Phi) is 6.04. The van der Waals surface area contributed by atoms with Crippen molar-refractivity contribution in [2.75, 3.05) is 0 Å². The topological polar surface area (TPSA) is 87.7 Å². The number of carbonyl (C=O) groups is 1. The number of hydrogen-bond donors (Lipinski definition) is 2. The number of benzene rings is 2. The number of aromatic amines is 1. The summed E-state index contributed by atoms with van der Waals surface area (Å²) < 4.78 is 13.3. The highest BCUT2D eigenvalue weighted by atomic mass is 32.2. The first-order chi connectivity index (χ1) is 15.0. The molecule has 1 amide bonds. The van der Waals surface area contributed by atoms with E-state index in [1.807, 2.05) is 62.4 Å². The normalized spacial score (nSPS) is 12.5. The van der Waals surface area contributed by atoms with Crippen LogP contribution in [-0.2, 0) is 10.8 Å². The summed E-state index contributed by atoms with van der Waals surface area (Å²) in [4.78, 5) is 17.9. The van der Waals surface area contributed by atoms with Gasteiger partial charge in [0, 0.05) is 22.5 Å². The first-order valence-corrected chi connectivity index (χ1v) is 11.1. The van der Waals surface area contributed by atoms with E-state index in [0.717, 1.165) is 22.3 Å². The number of nitrogens with one attached hydrogen (secondary N) is 2. The van der Waals surface area contributed by atoms with Crippen molar-refractivity contribution in [3.8, 4) is 0 Å². The second-order valence-corrected chi connectivity index (χ2v) is 8.75. The molecule has 4 aromatic rings. The van der Waals surface area contributed by atoms with Crippen LogP contribution in [0.2, 0.25) is 0 Å². The second kappa shape index (κ2) is 9.06. The number of fused-ring (bicyclic) bond motifs is 1. The van der Waals surface area contributed by atoms with Crippen molar-refractivity contribution in [3.63, 3.8) is 0 Å². The largest absolute Gasteiger partial charge is 0.350 e. The lowest BCUT2D eigenvalue weighted by molar-refractivity contribution is 0.0940. The fraction of sp³-hybridized carbons (Fsp3) is 0.125. The van der Waals surface area contributed by atoms with Crippen molar-refractivity contribution in [1.29, 1.82) is 0 Å². The van der Waals surface area contributed by atoms with E-state index in [0.29, 0.717) is 15.4 Å². The fourth-order valence-electron chi connectivity index (χ4n) is 3.18. The number of H-pyrrole nitrogens is 1. The van der Waals surface area contributed by atoms with Gasteiger partial charge in [-0.1, -0.05) is 18.2 Å². The smallest absolute Gasteiger partial charge is 0.252 e. The average molecular weight is 431 g/mol. The summed E-state index contributed by atoms with van der Waals surface area (Å²) in [7, 11) is -1.51. The number of pyridine rings is 1. The van der Waals surface area contributed by atoms with Crippen LogP contribution in [-0.4, -0.2) is 31.3 Å². The summed E-state index contributed by atoms with van der Waals surface area (Å²) in [5.74, 6) is -0.233. The predicted molar refractivity (Wildman–Crippen MR) is 123 cm³/mol. The Morgan fingerprint density at radius 2 is 1.87 bits per heavy atom. The van der Waals surface area contributed by atoms with Crippen molar-refractivity contribution >= 4 is 39.8 Å². The van der Waals surface area contributed by atoms with E-state index in [2.05, 4.69) is 20.5 Å². The third kappa shape index (κ3) is 4.62. The molecule has 2 aromatic heterocycles. The van der Waals surface area contributed by atoms with Gasteiger partial charge in [-0.3, -0.25) is 14.9 Å². The van der Waals surface area contributed by atoms with Crippen LogP contribution < -0.4 is 5.32 Å². The van der Waals surface area contributed by atoms with Gasteiger partial charge >= 0.3 is 0 Å². The summed E-state index contributed by atoms with van der Waals surface area (Å²) in [6, 6.07) is 18.2. The van der Waals surface area contributed by atoms with Crippen molar-refractivity contribution in [2.45, 2.75) is 29.7 Å². The van der Waals surface area contributed by atoms with E-state index in [9.17, 15) is 9.00 Å². The molecule has 1 unspecified atom stereocenters. The third-order valence-electron chi connectivity index (χ3n) is 4.63. The maximum atomic E-state index is 13.3. The quantitative estimate of drug-likeness (QED) is 0.474. The summed E-state index contributed by atoms with van der Waals surface area (Å²) >= 11 is 0. The van der Waals surface area contributed by atoms with Gasteiger partial charge in [0.2, 0.25) is 0 Å². The number of hydrogen-bond acceptors (Lipinski definition) is 4. The number of rotatable bonds is 6. The van der Waals surface area contributed by atoms with Gasteiger partial charge in [-0.15, -0.1) is 0 Å². The fourth-order valence-corrected chi connectivity index (χ4v) is 4.42. The summed E-state index contributed by atoms with van der Waals surface area (Å²) in [6.07, 6.45) is 5.53. The van der Waals surface area contributed by atoms with Gasteiger partial charge < -0.3 is 5.32 Å². The molecular weight excluding hydrogens is 408 g/mol. The van der Waals surface area contributed by atoms with E-state index < -0.39 is 10.8 Å². The molecule has 4 rings (SSSR count). The molecule has 7 heteroatoms. The molecule has 0 saturated carbocycles. The van der Waals surface area contributed by atoms with E-state index in [1.54, 1.807) is 30.5 Å². The molecule has 1 atom stereocenters. The second-order valence-electron chi connectivity index (χ2n) is 7.30. The zero-order chi connectivity index (χ0) is 21.8. The Balaban J connectivity index is 1.64. The van der Waals surface area contributed by atoms with Gasteiger partial charge in [0.05, 0.1) is 38.2 Å². The lowest BCUT2D eigenvalue weighted by Crippen LogP contribution is -2.30. The van der Waals surface area contributed by atoms with E-state index >= 15 is 0 Å². The van der Waals surface area contributed by atoms with Crippen LogP contribution in [0.25, 0.3) is 23.1 Å². The summed E-state index contributed by atoms with van der Waals surface area (Å²) in [5.41, 5.74) is 2.80. The minimum atomic E-state index is -1.51. The molecule has 0 fully saturated rings. The van der Waals surface area contributed by atoms with E-state index in [-0.39, 0.29) is 11.9 Å². The molecule has 2 heterocycles. The van der Waals surface area contributed by atoms with E-state index in [1.165, 1.54) is 0 Å². The van der Waals surface area contributed by atoms with Crippen LogP contribution in [0.1, 0.15) is 35.6 Å². The van der Waals surface area contributed by atoms with Gasteiger partial charge in [0.25, 0.3) is 5.91 Å². The number of nitrogens with zero attached hydrogens (tertiary/aromatic N) is 2. The van der Waals surface area contributed by atoms with Crippen molar-refractivity contribution in [1.82, 2.24) is 20.5 Å². The molecular formula is C24H22N4O2S. The van der Waals surface area contributed by atoms with Gasteiger partial charge in [0.15, 0.2) is 0 Å². The molecule has 0 bridgehead atoms. The van der Waals surface area contributed by atoms with Crippen LogP contribution in [0.3, 0.4) is 0 Å². The molecule has 0 aliphatic rings. The first kappa shape index (κ1) is 20.7. The molecule has 6 nitrogen and oxygen atoms in total. The molecule has 0 saturated heterocycles. The number of amides is 1. The summed E-state index contributed by atoms with van der Waals surface area (Å²) in [5, 5.41) is 11.1. The summed E-state index contributed by atoms with van der Waals surface area (Å²) in [6.45, 7) is 3.78. The third-order valence-corrected chi connectivity index (χ3v) is 6.07. The SMILES string of the molecule is CC(C)NC(=O)c1ccccc1S(=O)c1ccc2c(/C=C/c3ccccn3)n[nH]c2c1. The highest BCUT2D eigenvalue weighted by Gasteiger charge is 2.18. The van der Waals surface area contributed by atoms with Gasteiger partial charge in [0.1, 0.15) is 0 Å². The Morgan fingerprint density at radius 3 is 2.65 bits per heavy atom. The minimum Gasteiger partial charge on any atom is -0.350 e. The van der Waals surface area contributed by atoms with Crippen molar-refractivity contribution < 1.29 is 9.00 Å². The van der Waals surface area contributed by atoms with Crippen molar-refractivity contribution in [3.05, 3.63) is 83.8 Å². The standard InChI is InChI=1S/C24H22N4O2S/c1-16(2)26-24(29)20-8-3-4-9-23(20)31(30)18-11-12-19-21(27-28-22(19)15-18)13-10-17-7-5-6-14-25-17/h3-16H,1-2H3,(H,26,29)(H,27,28)/b13-10+. The van der Waals surface area contributed by atoms with Crippen LogP contribution in [0.4, 0.5) is 0 Å². The highest BCUT2D eigenvalue weighted by Crippen LogP contribution is 2.25. The monoisotopic (exact) mass is 430 g/mol. The lowest BCUT2D eigenvalue weighted by atomic mass is 10.2. The lowest BCUT2D eigenvalue weighted by Gasteiger charge is -2.12. The molecule has 156 valence electrons. The average Bonchev–Trinajstić information content (AvgIpc) is 3.19. The Bertz CT molecular complexity index is 1280. The Morgan fingerprint density at radius 1 is 1.06 bits per heavy atom. The van der Waals surface area contributed by atoms with Crippen LogP contribution in [0.15, 0.2) is 76.7 Å². The minimum absolute atomic E-state index is 0.00658. The molecule has 0 spiro atoms. The van der Waals surface area contributed by atoms with Crippen molar-refractivity contribution in [2.24, 2.45) is 0 Å².